The molecule has 0 fully saturated rings. The minimum Gasteiger partial charge on any atom is -0.478 e. The molecule has 0 unspecified atom stereocenters. The first-order chi connectivity index (χ1) is 6.97. The van der Waals surface area contributed by atoms with Gasteiger partial charge in [-0.2, -0.15) is 0 Å². The van der Waals surface area contributed by atoms with E-state index in [1.807, 2.05) is 0 Å². The Morgan fingerprint density at radius 3 is 2.67 bits per heavy atom. The van der Waals surface area contributed by atoms with Crippen LogP contribution in [-0.4, -0.2) is 16.1 Å². The number of aromatic carboxylic acids is 1. The lowest BCUT2D eigenvalue weighted by Gasteiger charge is -2.08. The van der Waals surface area contributed by atoms with E-state index in [1.54, 1.807) is 22.6 Å². The largest absolute Gasteiger partial charge is 0.478 e. The van der Waals surface area contributed by atoms with E-state index in [2.05, 4.69) is 4.98 Å². The van der Waals surface area contributed by atoms with Crippen molar-refractivity contribution in [2.45, 2.75) is 13.0 Å². The lowest BCUT2D eigenvalue weighted by atomic mass is 10.1. The average Bonchev–Trinajstić information content (AvgIpc) is 2.15. The number of hydrogen-bond acceptors (Lipinski definition) is 3. The van der Waals surface area contributed by atoms with Crippen LogP contribution in [0.3, 0.4) is 0 Å². The molecule has 0 aliphatic heterocycles. The van der Waals surface area contributed by atoms with Crippen molar-refractivity contribution in [1.82, 2.24) is 4.98 Å². The predicted molar refractivity (Wildman–Crippen MR) is 56.8 cm³/mol. The Bertz CT molecular complexity index is 398. The molecular weight excluding hydrogens is 321 g/mol. The molecule has 1 aromatic rings. The first-order valence-electron chi connectivity index (χ1n) is 3.88. The molecule has 1 aromatic heterocycles. The number of carbonyl (C=O) groups is 1. The quantitative estimate of drug-likeness (QED) is 0.655. The van der Waals surface area contributed by atoms with Gasteiger partial charge in [0.25, 0.3) is 6.43 Å². The van der Waals surface area contributed by atoms with Gasteiger partial charge in [-0.3, -0.25) is 0 Å². The fourth-order valence-electron chi connectivity index (χ4n) is 1.07. The van der Waals surface area contributed by atoms with Crippen molar-refractivity contribution in [3.8, 4) is 0 Å². The van der Waals surface area contributed by atoms with Crippen molar-refractivity contribution in [2.75, 3.05) is 0 Å². The first-order valence-corrected chi connectivity index (χ1v) is 4.96. The Morgan fingerprint density at radius 2 is 2.27 bits per heavy atom. The average molecular weight is 328 g/mol. The van der Waals surface area contributed by atoms with Crippen molar-refractivity contribution >= 4 is 28.6 Å². The second-order valence-corrected chi connectivity index (χ2v) is 3.70. The van der Waals surface area contributed by atoms with Crippen LogP contribution < -0.4 is 5.73 Å². The zero-order valence-electron chi connectivity index (χ0n) is 7.38. The molecule has 15 heavy (non-hydrogen) atoms. The molecule has 0 aliphatic carbocycles. The van der Waals surface area contributed by atoms with Crippen LogP contribution in [0.25, 0.3) is 0 Å². The molecule has 0 spiro atoms. The zero-order valence-corrected chi connectivity index (χ0v) is 9.53. The Morgan fingerprint density at radius 1 is 1.67 bits per heavy atom. The van der Waals surface area contributed by atoms with E-state index in [0.29, 0.717) is 0 Å². The Kier molecular flexibility index (Phi) is 3.91. The molecule has 0 atom stereocenters. The number of nitrogens with two attached hydrogens (primary N) is 1. The number of halogens is 3. The fraction of sp³-hybridized carbons (Fsp3) is 0.250. The molecule has 0 aromatic carbocycles. The molecule has 3 N–H and O–H groups in total. The molecule has 0 saturated carbocycles. The van der Waals surface area contributed by atoms with E-state index in [4.69, 9.17) is 10.8 Å². The summed E-state index contributed by atoms with van der Waals surface area (Å²) < 4.78 is 25.1. The van der Waals surface area contributed by atoms with Gasteiger partial charge in [0, 0.05) is 12.1 Å². The van der Waals surface area contributed by atoms with Crippen LogP contribution in [-0.2, 0) is 6.54 Å². The van der Waals surface area contributed by atoms with Gasteiger partial charge in [-0.25, -0.2) is 18.6 Å². The maximum atomic E-state index is 12.5. The van der Waals surface area contributed by atoms with E-state index in [9.17, 15) is 13.6 Å². The van der Waals surface area contributed by atoms with Gasteiger partial charge in [0.15, 0.2) is 0 Å². The summed E-state index contributed by atoms with van der Waals surface area (Å²) in [7, 11) is 0. The molecule has 0 bridgehead atoms. The van der Waals surface area contributed by atoms with Crippen LogP contribution in [0.4, 0.5) is 8.78 Å². The number of aromatic nitrogens is 1. The molecule has 0 saturated heterocycles. The van der Waals surface area contributed by atoms with Crippen LogP contribution in [0.5, 0.6) is 0 Å². The minimum atomic E-state index is -2.85. The van der Waals surface area contributed by atoms with Crippen LogP contribution in [0.15, 0.2) is 6.07 Å². The van der Waals surface area contributed by atoms with Crippen molar-refractivity contribution in [2.24, 2.45) is 5.73 Å². The number of hydrogen-bond donors (Lipinski definition) is 2. The summed E-state index contributed by atoms with van der Waals surface area (Å²) in [5.74, 6) is -1.41. The van der Waals surface area contributed by atoms with Gasteiger partial charge in [-0.15, -0.1) is 0 Å². The molecule has 1 heterocycles. The second-order valence-electron chi connectivity index (χ2n) is 2.68. The van der Waals surface area contributed by atoms with E-state index >= 15 is 0 Å². The van der Waals surface area contributed by atoms with E-state index < -0.39 is 23.5 Å². The van der Waals surface area contributed by atoms with E-state index in [1.165, 1.54) is 0 Å². The maximum Gasteiger partial charge on any atom is 0.338 e. The number of pyridine rings is 1. The highest BCUT2D eigenvalue weighted by Crippen LogP contribution is 2.26. The summed E-state index contributed by atoms with van der Waals surface area (Å²) >= 11 is 1.60. The molecule has 0 amide bonds. The molecule has 0 radical (unpaired) electrons. The Labute approximate surface area is 97.6 Å². The van der Waals surface area contributed by atoms with Gasteiger partial charge in [-0.05, 0) is 28.7 Å². The van der Waals surface area contributed by atoms with E-state index in [0.717, 1.165) is 6.07 Å². The monoisotopic (exact) mass is 328 g/mol. The van der Waals surface area contributed by atoms with Crippen molar-refractivity contribution in [3.05, 3.63) is 26.6 Å². The van der Waals surface area contributed by atoms with Gasteiger partial charge in [-0.1, -0.05) is 0 Å². The lowest BCUT2D eigenvalue weighted by Crippen LogP contribution is -2.11. The summed E-state index contributed by atoms with van der Waals surface area (Å²) in [6.45, 7) is -0.00434. The highest BCUT2D eigenvalue weighted by molar-refractivity contribution is 14.1. The second kappa shape index (κ2) is 4.79. The fourth-order valence-corrected chi connectivity index (χ4v) is 1.93. The normalized spacial score (nSPS) is 10.7. The van der Waals surface area contributed by atoms with Crippen LogP contribution in [0, 0.1) is 3.70 Å². The lowest BCUT2D eigenvalue weighted by molar-refractivity contribution is 0.0682. The maximum absolute atomic E-state index is 12.5. The van der Waals surface area contributed by atoms with Gasteiger partial charge in [0.2, 0.25) is 0 Å². The molecule has 0 aliphatic rings. The number of nitrogens with zero attached hydrogens (tertiary/aromatic N) is 1. The van der Waals surface area contributed by atoms with Crippen LogP contribution in [0.2, 0.25) is 0 Å². The predicted octanol–water partition coefficient (Wildman–Crippen LogP) is 1.78. The highest BCUT2D eigenvalue weighted by Gasteiger charge is 2.22. The minimum absolute atomic E-state index is 0.00434. The van der Waals surface area contributed by atoms with Crippen LogP contribution in [0.1, 0.15) is 28.0 Å². The summed E-state index contributed by atoms with van der Waals surface area (Å²) in [5.41, 5.74) is 4.51. The molecule has 82 valence electrons. The smallest absolute Gasteiger partial charge is 0.338 e. The summed E-state index contributed by atoms with van der Waals surface area (Å²) in [5, 5.41) is 8.75. The third-order valence-electron chi connectivity index (χ3n) is 1.72. The van der Waals surface area contributed by atoms with Crippen molar-refractivity contribution in [3.63, 3.8) is 0 Å². The molecule has 1 rings (SSSR count). The third-order valence-corrected chi connectivity index (χ3v) is 2.50. The zero-order chi connectivity index (χ0) is 11.6. The standard InChI is InChI=1S/C8H7F2IN2O2/c9-6(10)4-1-3(2-12)13-7(11)5(4)8(14)15/h1,6H,2,12H2,(H,14,15). The summed E-state index contributed by atoms with van der Waals surface area (Å²) in [6, 6.07) is 1.02. The van der Waals surface area contributed by atoms with Gasteiger partial charge in [0.05, 0.1) is 5.69 Å². The van der Waals surface area contributed by atoms with Gasteiger partial charge in [0.1, 0.15) is 9.26 Å². The number of rotatable bonds is 3. The van der Waals surface area contributed by atoms with Gasteiger partial charge >= 0.3 is 5.97 Å². The van der Waals surface area contributed by atoms with Crippen molar-refractivity contribution in [1.29, 1.82) is 0 Å². The molecular formula is C8H7F2IN2O2. The highest BCUT2D eigenvalue weighted by atomic mass is 127. The SMILES string of the molecule is NCc1cc(C(F)F)c(C(=O)O)c(I)n1. The Hall–Kier alpha value is -0.830. The molecule has 4 nitrogen and oxygen atoms in total. The number of carboxylic acids is 1. The topological polar surface area (TPSA) is 76.2 Å². The Balaban J connectivity index is 3.42. The first kappa shape index (κ1) is 12.2. The van der Waals surface area contributed by atoms with Gasteiger partial charge < -0.3 is 10.8 Å². The molecule has 7 heteroatoms. The summed E-state index contributed by atoms with van der Waals surface area (Å²) in [4.78, 5) is 14.5. The third kappa shape index (κ3) is 2.59. The number of alkyl halides is 2. The van der Waals surface area contributed by atoms with Crippen molar-refractivity contribution < 1.29 is 18.7 Å². The summed E-state index contributed by atoms with van der Waals surface area (Å²) in [6.07, 6.45) is -2.85. The van der Waals surface area contributed by atoms with Crippen LogP contribution >= 0.6 is 22.6 Å². The van der Waals surface area contributed by atoms with E-state index in [-0.39, 0.29) is 15.9 Å². The number of carboxylic acid groups (broad SMARTS) is 1.